The average Bonchev–Trinajstić information content (AvgIpc) is 2.06. The van der Waals surface area contributed by atoms with Crippen LogP contribution in [0.1, 0.15) is 26.7 Å². The van der Waals surface area contributed by atoms with Crippen LogP contribution in [0.3, 0.4) is 0 Å². The lowest BCUT2D eigenvalue weighted by atomic mass is 9.91. The first-order valence-electron chi connectivity index (χ1n) is 4.54. The normalized spacial score (nSPS) is 25.4. The van der Waals surface area contributed by atoms with Crippen molar-refractivity contribution in [2.45, 2.75) is 32.2 Å². The fourth-order valence-corrected chi connectivity index (χ4v) is 1.80. The molecule has 1 saturated heterocycles. The second kappa shape index (κ2) is 3.55. The Kier molecular flexibility index (Phi) is 2.90. The fraction of sp³-hybridized carbons (Fsp3) is 1.00. The number of ether oxygens (including phenoxy) is 1. The van der Waals surface area contributed by atoms with E-state index in [4.69, 9.17) is 4.74 Å². The van der Waals surface area contributed by atoms with Gasteiger partial charge in [0, 0.05) is 12.1 Å². The van der Waals surface area contributed by atoms with Gasteiger partial charge in [0.25, 0.3) is 0 Å². The Morgan fingerprint density at radius 2 is 2.00 bits per heavy atom. The Morgan fingerprint density at radius 1 is 1.36 bits per heavy atom. The summed E-state index contributed by atoms with van der Waals surface area (Å²) in [5.41, 5.74) is 0.332. The summed E-state index contributed by atoms with van der Waals surface area (Å²) in [4.78, 5) is 2.44. The van der Waals surface area contributed by atoms with Gasteiger partial charge in [0.2, 0.25) is 0 Å². The number of hydrogen-bond acceptors (Lipinski definition) is 2. The molecule has 0 aliphatic carbocycles. The number of nitrogens with zero attached hydrogens (tertiary/aromatic N) is 1. The molecule has 66 valence electrons. The van der Waals surface area contributed by atoms with E-state index < -0.39 is 0 Å². The maximum atomic E-state index is 5.50. The summed E-state index contributed by atoms with van der Waals surface area (Å²) in [6.07, 6.45) is 2.39. The molecule has 0 saturated carbocycles. The predicted molar refractivity (Wildman–Crippen MR) is 46.8 cm³/mol. The summed E-state index contributed by atoms with van der Waals surface area (Å²) in [5, 5.41) is 0. The highest BCUT2D eigenvalue weighted by Gasteiger charge is 2.33. The molecule has 1 heterocycles. The molecule has 1 aliphatic heterocycles. The Bertz CT molecular complexity index is 121. The third-order valence-corrected chi connectivity index (χ3v) is 3.07. The van der Waals surface area contributed by atoms with Gasteiger partial charge in [0.1, 0.15) is 0 Å². The number of morpholine rings is 1. The van der Waals surface area contributed by atoms with Gasteiger partial charge in [-0.3, -0.25) is 4.90 Å². The molecule has 2 nitrogen and oxygen atoms in total. The van der Waals surface area contributed by atoms with E-state index in [1.807, 2.05) is 0 Å². The van der Waals surface area contributed by atoms with Crippen molar-refractivity contribution in [3.8, 4) is 0 Å². The molecule has 2 heteroatoms. The van der Waals surface area contributed by atoms with E-state index in [0.29, 0.717) is 5.54 Å². The molecule has 0 amide bonds. The van der Waals surface area contributed by atoms with E-state index >= 15 is 0 Å². The molecule has 0 N–H and O–H groups in total. The monoisotopic (exact) mass is 157 g/mol. The van der Waals surface area contributed by atoms with Gasteiger partial charge in [0.05, 0.1) is 13.2 Å². The van der Waals surface area contributed by atoms with Crippen LogP contribution in [-0.4, -0.2) is 37.2 Å². The summed E-state index contributed by atoms with van der Waals surface area (Å²) in [5.74, 6) is 0. The maximum Gasteiger partial charge on any atom is 0.0650 e. The highest BCUT2D eigenvalue weighted by Crippen LogP contribution is 2.25. The van der Waals surface area contributed by atoms with E-state index in [1.54, 1.807) is 0 Å². The molecule has 1 aliphatic rings. The first kappa shape index (κ1) is 9.01. The molecule has 11 heavy (non-hydrogen) atoms. The van der Waals surface area contributed by atoms with Crippen molar-refractivity contribution in [2.75, 3.05) is 26.8 Å². The summed E-state index contributed by atoms with van der Waals surface area (Å²) in [6, 6.07) is 0. The maximum absolute atomic E-state index is 5.50. The van der Waals surface area contributed by atoms with Crippen molar-refractivity contribution >= 4 is 0 Å². The van der Waals surface area contributed by atoms with E-state index in [0.717, 1.165) is 19.8 Å². The Hall–Kier alpha value is -0.0800. The SMILES string of the molecule is CCC1(CC)COCCN1C. The summed E-state index contributed by atoms with van der Waals surface area (Å²) in [7, 11) is 2.20. The van der Waals surface area contributed by atoms with Crippen LogP contribution in [0.15, 0.2) is 0 Å². The minimum absolute atomic E-state index is 0.332. The molecule has 0 aromatic carbocycles. The summed E-state index contributed by atoms with van der Waals surface area (Å²) < 4.78 is 5.50. The third kappa shape index (κ3) is 1.57. The molecule has 0 radical (unpaired) electrons. The average molecular weight is 157 g/mol. The number of hydrogen-bond donors (Lipinski definition) is 0. The van der Waals surface area contributed by atoms with Gasteiger partial charge >= 0.3 is 0 Å². The van der Waals surface area contributed by atoms with Crippen LogP contribution >= 0.6 is 0 Å². The van der Waals surface area contributed by atoms with Crippen LogP contribution < -0.4 is 0 Å². The third-order valence-electron chi connectivity index (χ3n) is 3.07. The number of likely N-dealkylation sites (N-methyl/N-ethyl adjacent to an activating group) is 1. The highest BCUT2D eigenvalue weighted by molar-refractivity contribution is 4.88. The quantitative estimate of drug-likeness (QED) is 0.602. The smallest absolute Gasteiger partial charge is 0.0650 e. The lowest BCUT2D eigenvalue weighted by Crippen LogP contribution is -2.54. The topological polar surface area (TPSA) is 12.5 Å². The lowest BCUT2D eigenvalue weighted by molar-refractivity contribution is -0.0596. The van der Waals surface area contributed by atoms with Crippen molar-refractivity contribution in [2.24, 2.45) is 0 Å². The van der Waals surface area contributed by atoms with Gasteiger partial charge in [-0.05, 0) is 19.9 Å². The van der Waals surface area contributed by atoms with Crippen molar-refractivity contribution in [3.63, 3.8) is 0 Å². The van der Waals surface area contributed by atoms with Crippen LogP contribution in [0.4, 0.5) is 0 Å². The minimum Gasteiger partial charge on any atom is -0.378 e. The molecular formula is C9H19NO. The van der Waals surface area contributed by atoms with Crippen molar-refractivity contribution < 1.29 is 4.74 Å². The molecule has 0 aromatic rings. The lowest BCUT2D eigenvalue weighted by Gasteiger charge is -2.44. The highest BCUT2D eigenvalue weighted by atomic mass is 16.5. The zero-order valence-corrected chi connectivity index (χ0v) is 7.89. The van der Waals surface area contributed by atoms with E-state index in [1.165, 1.54) is 12.8 Å². The second-order valence-corrected chi connectivity index (χ2v) is 3.41. The second-order valence-electron chi connectivity index (χ2n) is 3.41. The Labute approximate surface area is 69.5 Å². The molecule has 1 rings (SSSR count). The van der Waals surface area contributed by atoms with Gasteiger partial charge in [-0.1, -0.05) is 13.8 Å². The van der Waals surface area contributed by atoms with Crippen molar-refractivity contribution in [3.05, 3.63) is 0 Å². The molecular weight excluding hydrogens is 138 g/mol. The van der Waals surface area contributed by atoms with Crippen LogP contribution in [0.5, 0.6) is 0 Å². The first-order valence-corrected chi connectivity index (χ1v) is 4.54. The van der Waals surface area contributed by atoms with E-state index in [2.05, 4.69) is 25.8 Å². The fourth-order valence-electron chi connectivity index (χ4n) is 1.80. The van der Waals surface area contributed by atoms with Gasteiger partial charge in [-0.15, -0.1) is 0 Å². The van der Waals surface area contributed by atoms with Crippen LogP contribution in [-0.2, 0) is 4.74 Å². The van der Waals surface area contributed by atoms with Crippen molar-refractivity contribution in [1.29, 1.82) is 0 Å². The molecule has 0 unspecified atom stereocenters. The predicted octanol–water partition coefficient (Wildman–Crippen LogP) is 1.51. The standard InChI is InChI=1S/C9H19NO/c1-4-9(5-2)8-11-7-6-10(9)3/h4-8H2,1-3H3. The van der Waals surface area contributed by atoms with Crippen LogP contribution in [0, 0.1) is 0 Å². The zero-order valence-electron chi connectivity index (χ0n) is 7.89. The summed E-state index contributed by atoms with van der Waals surface area (Å²) >= 11 is 0. The zero-order chi connectivity index (χ0) is 8.32. The van der Waals surface area contributed by atoms with Gasteiger partial charge in [-0.25, -0.2) is 0 Å². The first-order chi connectivity index (χ1) is 5.25. The van der Waals surface area contributed by atoms with Crippen LogP contribution in [0.25, 0.3) is 0 Å². The Balaban J connectivity index is 2.61. The molecule has 0 bridgehead atoms. The van der Waals surface area contributed by atoms with Gasteiger partial charge < -0.3 is 4.74 Å². The molecule has 0 aromatic heterocycles. The molecule has 0 spiro atoms. The minimum atomic E-state index is 0.332. The largest absolute Gasteiger partial charge is 0.378 e. The summed E-state index contributed by atoms with van der Waals surface area (Å²) in [6.45, 7) is 7.39. The number of rotatable bonds is 2. The Morgan fingerprint density at radius 3 is 2.36 bits per heavy atom. The van der Waals surface area contributed by atoms with Gasteiger partial charge in [-0.2, -0.15) is 0 Å². The van der Waals surface area contributed by atoms with Gasteiger partial charge in [0.15, 0.2) is 0 Å². The van der Waals surface area contributed by atoms with Crippen molar-refractivity contribution in [1.82, 2.24) is 4.90 Å². The molecule has 0 atom stereocenters. The molecule has 1 fully saturated rings. The van der Waals surface area contributed by atoms with E-state index in [9.17, 15) is 0 Å². The van der Waals surface area contributed by atoms with E-state index in [-0.39, 0.29) is 0 Å². The van der Waals surface area contributed by atoms with Crippen LogP contribution in [0.2, 0.25) is 0 Å².